The van der Waals surface area contributed by atoms with Crippen molar-refractivity contribution >= 4 is 29.3 Å². The number of methoxy groups -OCH3 is 1. The number of hydrogen-bond donors (Lipinski definition) is 5. The van der Waals surface area contributed by atoms with Crippen LogP contribution in [0.4, 0.5) is 20.6 Å². The van der Waals surface area contributed by atoms with Gasteiger partial charge >= 0.3 is 12.0 Å². The molecule has 2 aromatic carbocycles. The van der Waals surface area contributed by atoms with Gasteiger partial charge in [0.1, 0.15) is 23.4 Å². The Kier molecular flexibility index (Phi) is 10.2. The molecule has 240 valence electrons. The summed E-state index contributed by atoms with van der Waals surface area (Å²) in [6, 6.07) is 15.2. The lowest BCUT2D eigenvalue weighted by Crippen LogP contribution is -2.38. The van der Waals surface area contributed by atoms with Crippen LogP contribution in [0.2, 0.25) is 0 Å². The van der Waals surface area contributed by atoms with Gasteiger partial charge in [-0.2, -0.15) is 0 Å². The highest BCUT2D eigenvalue weighted by Gasteiger charge is 2.36. The van der Waals surface area contributed by atoms with Crippen LogP contribution in [0.1, 0.15) is 28.8 Å². The highest BCUT2D eigenvalue weighted by molar-refractivity contribution is 6.00. The number of β-amino-alcohol motifs (C(OH)–C–C–N with tert-alkyl or cyclic N) is 1. The molecule has 0 spiro atoms. The summed E-state index contributed by atoms with van der Waals surface area (Å²) in [5.41, 5.74) is 3.02. The van der Waals surface area contributed by atoms with Crippen LogP contribution in [0, 0.1) is 12.7 Å². The van der Waals surface area contributed by atoms with Crippen LogP contribution in [-0.4, -0.2) is 76.8 Å². The van der Waals surface area contributed by atoms with Gasteiger partial charge in [-0.3, -0.25) is 19.5 Å². The number of anilines is 2. The number of carbonyl (C=O) groups is 3. The number of halogens is 1. The second-order valence-corrected chi connectivity index (χ2v) is 10.9. The molecule has 1 aliphatic heterocycles. The van der Waals surface area contributed by atoms with Crippen molar-refractivity contribution in [1.82, 2.24) is 20.2 Å². The summed E-state index contributed by atoms with van der Waals surface area (Å²) >= 11 is 0. The highest BCUT2D eigenvalue weighted by Crippen LogP contribution is 2.27. The van der Waals surface area contributed by atoms with Crippen LogP contribution < -0.4 is 20.7 Å². The normalized spacial score (nSPS) is 16.1. The number of carbonyl (C=O) groups excluding carboxylic acids is 3. The van der Waals surface area contributed by atoms with Crippen molar-refractivity contribution in [2.45, 2.75) is 31.9 Å². The van der Waals surface area contributed by atoms with E-state index >= 15 is 0 Å². The lowest BCUT2D eigenvalue weighted by molar-refractivity contribution is -0.145. The van der Waals surface area contributed by atoms with Gasteiger partial charge in [-0.15, -0.1) is 0 Å². The van der Waals surface area contributed by atoms with Crippen LogP contribution in [0.15, 0.2) is 73.1 Å². The van der Waals surface area contributed by atoms with Crippen LogP contribution in [0.25, 0.3) is 11.4 Å². The fourth-order valence-electron chi connectivity index (χ4n) is 5.15. The van der Waals surface area contributed by atoms with Gasteiger partial charge in [0.15, 0.2) is 0 Å². The molecule has 0 radical (unpaired) electrons. The Morgan fingerprint density at radius 3 is 2.65 bits per heavy atom. The number of benzene rings is 2. The van der Waals surface area contributed by atoms with Gasteiger partial charge < -0.3 is 35.5 Å². The van der Waals surface area contributed by atoms with Crippen molar-refractivity contribution in [2.75, 3.05) is 37.4 Å². The summed E-state index contributed by atoms with van der Waals surface area (Å²) in [5.74, 6) is -0.123. The summed E-state index contributed by atoms with van der Waals surface area (Å²) in [7, 11) is 1.33. The minimum absolute atomic E-state index is 0.0900. The van der Waals surface area contributed by atoms with Gasteiger partial charge in [0.2, 0.25) is 0 Å². The number of nitrogens with zero attached hydrogens (tertiary/aromatic N) is 2. The number of H-pyrrole nitrogens is 1. The molecule has 3 amide bonds. The predicted molar refractivity (Wildman–Crippen MR) is 169 cm³/mol. The summed E-state index contributed by atoms with van der Waals surface area (Å²) in [4.78, 5) is 46.3. The van der Waals surface area contributed by atoms with Gasteiger partial charge in [0.25, 0.3) is 5.91 Å². The number of pyridine rings is 1. The number of urea groups is 1. The zero-order chi connectivity index (χ0) is 32.6. The highest BCUT2D eigenvalue weighted by atomic mass is 19.1. The fourth-order valence-corrected chi connectivity index (χ4v) is 5.15. The molecule has 1 aliphatic rings. The number of hydrogen-bond acceptors (Lipinski definition) is 8. The molecule has 12 nitrogen and oxygen atoms in total. The van der Waals surface area contributed by atoms with Gasteiger partial charge in [0.05, 0.1) is 35.9 Å². The van der Waals surface area contributed by atoms with Crippen LogP contribution in [-0.2, 0) is 9.53 Å². The molecule has 1 saturated heterocycles. The number of aryl methyl sites for hydroxylation is 1. The smallest absolute Gasteiger partial charge is 0.323 e. The van der Waals surface area contributed by atoms with E-state index < -0.39 is 24.0 Å². The third kappa shape index (κ3) is 8.25. The van der Waals surface area contributed by atoms with Gasteiger partial charge in [0, 0.05) is 50.2 Å². The monoisotopic (exact) mass is 630 g/mol. The van der Waals surface area contributed by atoms with Gasteiger partial charge in [-0.25, -0.2) is 9.18 Å². The topological polar surface area (TPSA) is 158 Å². The quantitative estimate of drug-likeness (QED) is 0.118. The summed E-state index contributed by atoms with van der Waals surface area (Å²) < 4.78 is 24.7. The molecule has 5 rings (SSSR count). The molecule has 3 heterocycles. The number of nitrogens with one attached hydrogen (secondary N) is 4. The molecule has 4 aromatic rings. The average Bonchev–Trinajstić information content (AvgIpc) is 3.69. The average molecular weight is 631 g/mol. The standard InChI is InChI=1S/C33H35FN6O6/c1-20-4-9-26(34)27(14-20)39-33(44)38-22-5-7-24(8-6-22)46-25-10-12-35-29(17-25)28-15-21(18-37-28)31(42)36-11-3-13-40-19-23(41)16-30(40)32(43)45-2/h4-10,12,14-15,17-18,23,30,37,41H,3,11,13,16,19H2,1-2H3,(H,36,42)(H2,38,39,44)/t23-,30+/m0/s1. The van der Waals surface area contributed by atoms with Crippen molar-refractivity contribution < 1.29 is 33.4 Å². The predicted octanol–water partition coefficient (Wildman–Crippen LogP) is 4.69. The van der Waals surface area contributed by atoms with E-state index in [1.807, 2.05) is 4.90 Å². The Labute approximate surface area is 264 Å². The fraction of sp³-hybridized carbons (Fsp3) is 0.273. The number of esters is 1. The molecule has 0 unspecified atom stereocenters. The lowest BCUT2D eigenvalue weighted by atomic mass is 10.2. The number of aromatic nitrogens is 2. The summed E-state index contributed by atoms with van der Waals surface area (Å²) in [5, 5.41) is 18.0. The van der Waals surface area contributed by atoms with E-state index in [1.54, 1.807) is 73.9 Å². The Morgan fingerprint density at radius 1 is 1.07 bits per heavy atom. The Balaban J connectivity index is 1.11. The molecule has 0 bridgehead atoms. The summed E-state index contributed by atoms with van der Waals surface area (Å²) in [6.07, 6.45) is 3.55. The maximum absolute atomic E-state index is 13.9. The number of likely N-dealkylation sites (tertiary alicyclic amines) is 1. The van der Waals surface area contributed by atoms with Crippen LogP contribution in [0.5, 0.6) is 11.5 Å². The third-order valence-corrected chi connectivity index (χ3v) is 7.43. The Bertz CT molecular complexity index is 1690. The van der Waals surface area contributed by atoms with Crippen LogP contribution >= 0.6 is 0 Å². The number of aliphatic hydroxyl groups is 1. The first kappa shape index (κ1) is 32.1. The minimum Gasteiger partial charge on any atom is -0.468 e. The maximum Gasteiger partial charge on any atom is 0.323 e. The second-order valence-electron chi connectivity index (χ2n) is 10.9. The van der Waals surface area contributed by atoms with Crippen molar-refractivity contribution in [2.24, 2.45) is 0 Å². The van der Waals surface area contributed by atoms with Crippen LogP contribution in [0.3, 0.4) is 0 Å². The molecule has 46 heavy (non-hydrogen) atoms. The van der Waals surface area contributed by atoms with E-state index in [0.717, 1.165) is 5.56 Å². The SMILES string of the molecule is COC(=O)[C@H]1C[C@H](O)CN1CCCNC(=O)c1c[nH]c(-c2cc(Oc3ccc(NC(=O)Nc4cc(C)ccc4F)cc3)ccn2)c1. The molecule has 13 heteroatoms. The van der Waals surface area contributed by atoms with E-state index in [-0.39, 0.29) is 17.6 Å². The molecular weight excluding hydrogens is 595 g/mol. The summed E-state index contributed by atoms with van der Waals surface area (Å²) in [6.45, 7) is 3.13. The Hall–Kier alpha value is -5.27. The molecule has 2 aromatic heterocycles. The van der Waals surface area contributed by atoms with Crippen molar-refractivity contribution in [1.29, 1.82) is 0 Å². The van der Waals surface area contributed by atoms with Crippen molar-refractivity contribution in [3.63, 3.8) is 0 Å². The number of aliphatic hydroxyl groups excluding tert-OH is 1. The maximum atomic E-state index is 13.9. The van der Waals surface area contributed by atoms with E-state index in [1.165, 1.54) is 13.2 Å². The van der Waals surface area contributed by atoms with E-state index in [2.05, 4.69) is 25.9 Å². The number of ether oxygens (including phenoxy) is 2. The largest absolute Gasteiger partial charge is 0.468 e. The second kappa shape index (κ2) is 14.7. The Morgan fingerprint density at radius 2 is 1.87 bits per heavy atom. The molecule has 0 saturated carbocycles. The number of aromatic amines is 1. The first-order valence-corrected chi connectivity index (χ1v) is 14.7. The van der Waals surface area contributed by atoms with Gasteiger partial charge in [-0.1, -0.05) is 6.07 Å². The molecular formula is C33H35FN6O6. The van der Waals surface area contributed by atoms with Crippen molar-refractivity contribution in [3.8, 4) is 22.9 Å². The first-order chi connectivity index (χ1) is 22.2. The molecule has 5 N–H and O–H groups in total. The molecule has 1 fully saturated rings. The van der Waals surface area contributed by atoms with Crippen molar-refractivity contribution in [3.05, 3.63) is 90.0 Å². The minimum atomic E-state index is -0.576. The van der Waals surface area contributed by atoms with E-state index in [4.69, 9.17) is 9.47 Å². The zero-order valence-electron chi connectivity index (χ0n) is 25.4. The van der Waals surface area contributed by atoms with Gasteiger partial charge in [-0.05, 0) is 67.4 Å². The van der Waals surface area contributed by atoms with E-state index in [9.17, 15) is 23.9 Å². The number of rotatable bonds is 11. The molecule has 0 aliphatic carbocycles. The lowest BCUT2D eigenvalue weighted by Gasteiger charge is -2.21. The molecule has 2 atom stereocenters. The number of amides is 3. The van der Waals surface area contributed by atoms with E-state index in [0.29, 0.717) is 66.6 Å². The zero-order valence-corrected chi connectivity index (χ0v) is 25.4. The first-order valence-electron chi connectivity index (χ1n) is 14.7. The third-order valence-electron chi connectivity index (χ3n) is 7.43.